The van der Waals surface area contributed by atoms with Crippen LogP contribution in [0.25, 0.3) is 0 Å². The van der Waals surface area contributed by atoms with Gasteiger partial charge in [0.25, 0.3) is 0 Å². The second-order valence-electron chi connectivity index (χ2n) is 6.11. The van der Waals surface area contributed by atoms with Gasteiger partial charge in [-0.05, 0) is 13.8 Å². The minimum Gasteiger partial charge on any atom is -0.373 e. The molecule has 1 unspecified atom stereocenters. The van der Waals surface area contributed by atoms with Crippen molar-refractivity contribution in [2.24, 2.45) is 0 Å². The summed E-state index contributed by atoms with van der Waals surface area (Å²) in [6, 6.07) is 0.121. The summed E-state index contributed by atoms with van der Waals surface area (Å²) in [5.41, 5.74) is 0.925. The summed E-state index contributed by atoms with van der Waals surface area (Å²) in [5, 5.41) is 9.65. The number of hydrogen-bond donors (Lipinski definition) is 2. The van der Waals surface area contributed by atoms with Gasteiger partial charge in [0.1, 0.15) is 22.5 Å². The molecule has 2 aromatic rings. The van der Waals surface area contributed by atoms with E-state index in [4.69, 9.17) is 4.98 Å². The Kier molecular flexibility index (Phi) is 4.46. The molecule has 0 radical (unpaired) electrons. The molecule has 2 rings (SSSR count). The van der Waals surface area contributed by atoms with Gasteiger partial charge in [-0.3, -0.25) is 0 Å². The molecule has 0 aliphatic rings. The summed E-state index contributed by atoms with van der Waals surface area (Å²) < 4.78 is 0. The van der Waals surface area contributed by atoms with Crippen molar-refractivity contribution < 1.29 is 0 Å². The first-order valence-electron chi connectivity index (χ1n) is 7.05. The van der Waals surface area contributed by atoms with Gasteiger partial charge in [0.05, 0.1) is 6.04 Å². The van der Waals surface area contributed by atoms with Gasteiger partial charge < -0.3 is 10.6 Å². The van der Waals surface area contributed by atoms with Crippen molar-refractivity contribution in [3.8, 4) is 0 Å². The zero-order valence-corrected chi connectivity index (χ0v) is 14.3. The molecule has 0 amide bonds. The Morgan fingerprint density at radius 2 is 1.86 bits per heavy atom. The van der Waals surface area contributed by atoms with Crippen molar-refractivity contribution in [2.45, 2.75) is 46.1 Å². The van der Waals surface area contributed by atoms with Crippen LogP contribution >= 0.6 is 11.3 Å². The Balaban J connectivity index is 2.38. The number of nitrogens with zero attached hydrogens (tertiary/aromatic N) is 3. The third kappa shape index (κ3) is 3.50. The number of hydrogen-bond acceptors (Lipinski definition) is 6. The highest BCUT2D eigenvalue weighted by Crippen LogP contribution is 2.28. The van der Waals surface area contributed by atoms with Gasteiger partial charge in [-0.25, -0.2) is 15.0 Å². The maximum Gasteiger partial charge on any atom is 0.138 e. The van der Waals surface area contributed by atoms with Crippen molar-refractivity contribution in [3.63, 3.8) is 0 Å². The maximum absolute atomic E-state index is 4.72. The third-order valence-electron chi connectivity index (χ3n) is 3.23. The van der Waals surface area contributed by atoms with E-state index >= 15 is 0 Å². The molecule has 21 heavy (non-hydrogen) atoms. The molecular weight excluding hydrogens is 282 g/mol. The Labute approximate surface area is 130 Å². The predicted octanol–water partition coefficient (Wildman–Crippen LogP) is 3.75. The Morgan fingerprint density at radius 1 is 1.19 bits per heavy atom. The first kappa shape index (κ1) is 15.7. The molecule has 0 bridgehead atoms. The Hall–Kier alpha value is -1.69. The third-order valence-corrected chi connectivity index (χ3v) is 4.19. The molecule has 2 N–H and O–H groups in total. The largest absolute Gasteiger partial charge is 0.373 e. The van der Waals surface area contributed by atoms with Crippen molar-refractivity contribution in [1.82, 2.24) is 15.0 Å². The average Bonchev–Trinajstić information content (AvgIpc) is 2.93. The molecule has 5 nitrogen and oxygen atoms in total. The first-order chi connectivity index (χ1) is 9.82. The summed E-state index contributed by atoms with van der Waals surface area (Å²) in [6.45, 7) is 10.5. The van der Waals surface area contributed by atoms with Gasteiger partial charge in [0.2, 0.25) is 0 Å². The number of anilines is 2. The maximum atomic E-state index is 4.72. The highest BCUT2D eigenvalue weighted by atomic mass is 32.1. The SMILES string of the molecule is CNc1nc(C(C)(C)C)nc(NC(C)c2nccs2)c1C. The zero-order valence-electron chi connectivity index (χ0n) is 13.5. The highest BCUT2D eigenvalue weighted by Gasteiger charge is 2.22. The van der Waals surface area contributed by atoms with E-state index in [1.807, 2.05) is 25.5 Å². The second kappa shape index (κ2) is 5.97. The van der Waals surface area contributed by atoms with Crippen LogP contribution in [0.3, 0.4) is 0 Å². The standard InChI is InChI=1S/C15H23N5S/c1-9-11(16-6)19-14(15(3,4)5)20-12(9)18-10(2)13-17-7-8-21-13/h7-8,10H,1-6H3,(H2,16,18,19,20). The smallest absolute Gasteiger partial charge is 0.138 e. The molecule has 0 aliphatic heterocycles. The van der Waals surface area contributed by atoms with E-state index in [0.29, 0.717) is 0 Å². The van der Waals surface area contributed by atoms with Crippen LogP contribution in [0.4, 0.5) is 11.6 Å². The van der Waals surface area contributed by atoms with Crippen LogP contribution in [0, 0.1) is 6.92 Å². The zero-order chi connectivity index (χ0) is 15.6. The van der Waals surface area contributed by atoms with Crippen molar-refractivity contribution in [3.05, 3.63) is 28.0 Å². The summed E-state index contributed by atoms with van der Waals surface area (Å²) in [7, 11) is 1.88. The fraction of sp³-hybridized carbons (Fsp3) is 0.533. The molecular formula is C15H23N5S. The van der Waals surface area contributed by atoms with Crippen LogP contribution in [0.1, 0.15) is 50.1 Å². The quantitative estimate of drug-likeness (QED) is 0.900. The van der Waals surface area contributed by atoms with Crippen LogP contribution in [-0.4, -0.2) is 22.0 Å². The molecule has 0 spiro atoms. The second-order valence-corrected chi connectivity index (χ2v) is 7.03. The number of nitrogens with one attached hydrogen (secondary N) is 2. The predicted molar refractivity (Wildman–Crippen MR) is 89.2 cm³/mol. The Morgan fingerprint density at radius 3 is 2.38 bits per heavy atom. The number of rotatable bonds is 4. The first-order valence-corrected chi connectivity index (χ1v) is 7.93. The molecule has 6 heteroatoms. The fourth-order valence-electron chi connectivity index (χ4n) is 1.95. The lowest BCUT2D eigenvalue weighted by atomic mass is 9.95. The molecule has 1 atom stereocenters. The van der Waals surface area contributed by atoms with Gasteiger partial charge in [-0.15, -0.1) is 11.3 Å². The fourth-order valence-corrected chi connectivity index (χ4v) is 2.60. The lowest BCUT2D eigenvalue weighted by Crippen LogP contribution is -2.20. The summed E-state index contributed by atoms with van der Waals surface area (Å²) in [5.74, 6) is 2.55. The van der Waals surface area contributed by atoms with Gasteiger partial charge in [-0.1, -0.05) is 20.8 Å². The van der Waals surface area contributed by atoms with Gasteiger partial charge in [0.15, 0.2) is 0 Å². The lowest BCUT2D eigenvalue weighted by molar-refractivity contribution is 0.545. The topological polar surface area (TPSA) is 62.7 Å². The molecule has 0 aromatic carbocycles. The number of thiazole rings is 1. The number of aromatic nitrogens is 3. The molecule has 0 saturated carbocycles. The van der Waals surface area contributed by atoms with Crippen LogP contribution in [0.15, 0.2) is 11.6 Å². The van der Waals surface area contributed by atoms with Crippen LogP contribution in [0.2, 0.25) is 0 Å². The summed E-state index contributed by atoms with van der Waals surface area (Å²) in [6.07, 6.45) is 1.82. The molecule has 0 saturated heterocycles. The van der Waals surface area contributed by atoms with Crippen molar-refractivity contribution in [1.29, 1.82) is 0 Å². The van der Waals surface area contributed by atoms with E-state index in [1.54, 1.807) is 11.3 Å². The van der Waals surface area contributed by atoms with Crippen LogP contribution in [-0.2, 0) is 5.41 Å². The van der Waals surface area contributed by atoms with Crippen LogP contribution in [0.5, 0.6) is 0 Å². The molecule has 2 aromatic heterocycles. The van der Waals surface area contributed by atoms with E-state index in [-0.39, 0.29) is 11.5 Å². The van der Waals surface area contributed by atoms with E-state index in [0.717, 1.165) is 28.0 Å². The lowest BCUT2D eigenvalue weighted by Gasteiger charge is -2.22. The molecule has 0 fully saturated rings. The normalized spacial score (nSPS) is 13.0. The highest BCUT2D eigenvalue weighted by molar-refractivity contribution is 7.09. The van der Waals surface area contributed by atoms with Gasteiger partial charge in [0, 0.05) is 29.6 Å². The van der Waals surface area contributed by atoms with Crippen molar-refractivity contribution >= 4 is 23.0 Å². The summed E-state index contributed by atoms with van der Waals surface area (Å²) in [4.78, 5) is 13.7. The molecule has 114 valence electrons. The Bertz CT molecular complexity index is 601. The minimum atomic E-state index is -0.0971. The van der Waals surface area contributed by atoms with E-state index in [2.05, 4.69) is 48.3 Å². The minimum absolute atomic E-state index is 0.0971. The monoisotopic (exact) mass is 305 g/mol. The van der Waals surface area contributed by atoms with Crippen LogP contribution < -0.4 is 10.6 Å². The summed E-state index contributed by atoms with van der Waals surface area (Å²) >= 11 is 1.64. The van der Waals surface area contributed by atoms with E-state index < -0.39 is 0 Å². The van der Waals surface area contributed by atoms with E-state index in [9.17, 15) is 0 Å². The van der Waals surface area contributed by atoms with Gasteiger partial charge >= 0.3 is 0 Å². The van der Waals surface area contributed by atoms with E-state index in [1.165, 1.54) is 0 Å². The van der Waals surface area contributed by atoms with Crippen molar-refractivity contribution in [2.75, 3.05) is 17.7 Å². The molecule has 0 aliphatic carbocycles. The average molecular weight is 305 g/mol. The molecule has 2 heterocycles. The van der Waals surface area contributed by atoms with Gasteiger partial charge in [-0.2, -0.15) is 0 Å².